The van der Waals surface area contributed by atoms with Gasteiger partial charge in [0.15, 0.2) is 0 Å². The van der Waals surface area contributed by atoms with E-state index in [2.05, 4.69) is 12.6 Å². The van der Waals surface area contributed by atoms with Crippen LogP contribution in [0.3, 0.4) is 0 Å². The Kier molecular flexibility index (Phi) is 1.30. The SMILES string of the molecule is [CH]C(C)(C)S. The molecule has 0 aliphatic heterocycles. The molecule has 0 unspecified atom stereocenters. The number of thiol groups is 1. The van der Waals surface area contributed by atoms with Crippen LogP contribution in [-0.4, -0.2) is 4.75 Å². The van der Waals surface area contributed by atoms with E-state index in [1.165, 1.54) is 0 Å². The van der Waals surface area contributed by atoms with E-state index in [0.29, 0.717) is 0 Å². The topological polar surface area (TPSA) is 0 Å². The molecule has 0 N–H and O–H groups in total. The van der Waals surface area contributed by atoms with Gasteiger partial charge in [-0.05, 0) is 6.92 Å². The van der Waals surface area contributed by atoms with E-state index in [1.54, 1.807) is 0 Å². The standard InChI is InChI=1S/C4H8S/c1-4(2,3)5/h1,5H,2-3H3. The molecule has 0 saturated heterocycles. The summed E-state index contributed by atoms with van der Waals surface area (Å²) in [6.07, 6.45) is 0. The van der Waals surface area contributed by atoms with Crippen molar-refractivity contribution in [3.05, 3.63) is 6.92 Å². The largest absolute Gasteiger partial charge is 0.173 e. The van der Waals surface area contributed by atoms with E-state index < -0.39 is 0 Å². The van der Waals surface area contributed by atoms with Crippen LogP contribution in [0.5, 0.6) is 0 Å². The fourth-order valence-electron chi connectivity index (χ4n) is 0. The van der Waals surface area contributed by atoms with E-state index in [1.807, 2.05) is 13.8 Å². The Bertz CT molecular complexity index is 19.1. The zero-order valence-electron chi connectivity index (χ0n) is 3.52. The van der Waals surface area contributed by atoms with Crippen LogP contribution in [0, 0.1) is 6.92 Å². The van der Waals surface area contributed by atoms with Crippen LogP contribution >= 0.6 is 12.6 Å². The highest BCUT2D eigenvalue weighted by Crippen LogP contribution is 2.06. The summed E-state index contributed by atoms with van der Waals surface area (Å²) in [5.74, 6) is 0. The molecule has 0 amide bonds. The molecular formula is C4H8S. The maximum Gasteiger partial charge on any atom is 0.0108 e. The molecule has 0 aromatic rings. The van der Waals surface area contributed by atoms with E-state index in [-0.39, 0.29) is 4.75 Å². The lowest BCUT2D eigenvalue weighted by Crippen LogP contribution is -2.00. The third-order valence-electron chi connectivity index (χ3n) is 0. The Balaban J connectivity index is 3.02. The van der Waals surface area contributed by atoms with Gasteiger partial charge in [0.2, 0.25) is 0 Å². The first-order valence-corrected chi connectivity index (χ1v) is 1.96. The zero-order chi connectivity index (χ0) is 4.50. The van der Waals surface area contributed by atoms with Gasteiger partial charge in [0.05, 0.1) is 0 Å². The lowest BCUT2D eigenvalue weighted by Gasteiger charge is -2.03. The van der Waals surface area contributed by atoms with Crippen LogP contribution in [0.25, 0.3) is 0 Å². The average molecular weight is 88.2 g/mol. The average Bonchev–Trinajstić information content (AvgIpc) is 0.722. The highest BCUT2D eigenvalue weighted by Gasteiger charge is 1.97. The molecule has 0 aliphatic rings. The second-order valence-electron chi connectivity index (χ2n) is 1.65. The number of hydrogen-bond donors (Lipinski definition) is 1. The van der Waals surface area contributed by atoms with Crippen molar-refractivity contribution in [3.63, 3.8) is 0 Å². The Morgan fingerprint density at radius 1 is 1.60 bits per heavy atom. The van der Waals surface area contributed by atoms with Crippen molar-refractivity contribution < 1.29 is 0 Å². The quantitative estimate of drug-likeness (QED) is 0.425. The van der Waals surface area contributed by atoms with Crippen LogP contribution in [0.1, 0.15) is 13.8 Å². The normalized spacial score (nSPS) is 12.0. The van der Waals surface area contributed by atoms with Gasteiger partial charge in [-0.25, -0.2) is 0 Å². The molecule has 5 heavy (non-hydrogen) atoms. The first kappa shape index (κ1) is 5.35. The zero-order valence-corrected chi connectivity index (χ0v) is 4.42. The molecule has 2 radical (unpaired) electrons. The van der Waals surface area contributed by atoms with Gasteiger partial charge >= 0.3 is 0 Å². The minimum atomic E-state index is -0.306. The van der Waals surface area contributed by atoms with Crippen molar-refractivity contribution in [1.29, 1.82) is 0 Å². The fourth-order valence-corrected chi connectivity index (χ4v) is 0. The van der Waals surface area contributed by atoms with Gasteiger partial charge in [0.25, 0.3) is 0 Å². The van der Waals surface area contributed by atoms with Gasteiger partial charge in [-0.2, -0.15) is 12.6 Å². The summed E-state index contributed by atoms with van der Waals surface area (Å²) in [5, 5.41) is 0. The molecule has 0 fully saturated rings. The molecule has 0 saturated carbocycles. The number of hydrogen-bond acceptors (Lipinski definition) is 1. The van der Waals surface area contributed by atoms with Crippen LogP contribution in [0.15, 0.2) is 0 Å². The van der Waals surface area contributed by atoms with Gasteiger partial charge in [-0.1, -0.05) is 13.8 Å². The maximum absolute atomic E-state index is 5.22. The fraction of sp³-hybridized carbons (Fsp3) is 0.750. The van der Waals surface area contributed by atoms with Crippen molar-refractivity contribution in [2.75, 3.05) is 0 Å². The minimum absolute atomic E-state index is 0.306. The molecule has 0 atom stereocenters. The minimum Gasteiger partial charge on any atom is -0.173 e. The highest BCUT2D eigenvalue weighted by atomic mass is 32.1. The Morgan fingerprint density at radius 3 is 1.60 bits per heavy atom. The summed E-state index contributed by atoms with van der Waals surface area (Å²) in [6.45, 7) is 8.88. The van der Waals surface area contributed by atoms with Crippen LogP contribution in [0.2, 0.25) is 0 Å². The third kappa shape index (κ3) is 196. The molecule has 0 rings (SSSR count). The molecule has 1 heteroatoms. The van der Waals surface area contributed by atoms with Crippen LogP contribution < -0.4 is 0 Å². The summed E-state index contributed by atoms with van der Waals surface area (Å²) in [6, 6.07) is 0. The molecule has 0 spiro atoms. The smallest absolute Gasteiger partial charge is 0.0108 e. The molecule has 30 valence electrons. The summed E-state index contributed by atoms with van der Waals surface area (Å²) in [5.41, 5.74) is 0. The van der Waals surface area contributed by atoms with Gasteiger partial charge in [0, 0.05) is 4.75 Å². The maximum atomic E-state index is 5.22. The van der Waals surface area contributed by atoms with E-state index in [9.17, 15) is 0 Å². The lowest BCUT2D eigenvalue weighted by atomic mass is 10.3. The summed E-state index contributed by atoms with van der Waals surface area (Å²) < 4.78 is -0.306. The van der Waals surface area contributed by atoms with Gasteiger partial charge in [0.1, 0.15) is 0 Å². The van der Waals surface area contributed by atoms with Gasteiger partial charge in [-0.15, -0.1) is 0 Å². The van der Waals surface area contributed by atoms with Gasteiger partial charge < -0.3 is 0 Å². The molecule has 0 heterocycles. The van der Waals surface area contributed by atoms with E-state index in [4.69, 9.17) is 6.92 Å². The summed E-state index contributed by atoms with van der Waals surface area (Å²) in [4.78, 5) is 0. The number of rotatable bonds is 0. The first-order valence-electron chi connectivity index (χ1n) is 1.51. The molecule has 0 nitrogen and oxygen atoms in total. The van der Waals surface area contributed by atoms with Crippen molar-refractivity contribution in [1.82, 2.24) is 0 Å². The Hall–Kier alpha value is 0.350. The molecular weight excluding hydrogens is 80.1 g/mol. The van der Waals surface area contributed by atoms with Gasteiger partial charge in [-0.3, -0.25) is 0 Å². The monoisotopic (exact) mass is 88.0 g/mol. The predicted molar refractivity (Wildman–Crippen MR) is 27.4 cm³/mol. The summed E-state index contributed by atoms with van der Waals surface area (Å²) in [7, 11) is 0. The molecule has 0 aliphatic carbocycles. The lowest BCUT2D eigenvalue weighted by molar-refractivity contribution is 0.905. The van der Waals surface area contributed by atoms with Crippen molar-refractivity contribution in [2.24, 2.45) is 0 Å². The second kappa shape index (κ2) is 1.21. The predicted octanol–water partition coefficient (Wildman–Crippen LogP) is 1.41. The van der Waals surface area contributed by atoms with Crippen LogP contribution in [0.4, 0.5) is 0 Å². The molecule has 0 aromatic carbocycles. The third-order valence-corrected chi connectivity index (χ3v) is 0. The van der Waals surface area contributed by atoms with Crippen molar-refractivity contribution in [3.8, 4) is 0 Å². The Labute approximate surface area is 39.0 Å². The van der Waals surface area contributed by atoms with Crippen molar-refractivity contribution in [2.45, 2.75) is 18.6 Å². The van der Waals surface area contributed by atoms with Crippen molar-refractivity contribution >= 4 is 12.6 Å². The van der Waals surface area contributed by atoms with Crippen LogP contribution in [-0.2, 0) is 0 Å². The summed E-state index contributed by atoms with van der Waals surface area (Å²) >= 11 is 3.90. The molecule has 0 aromatic heterocycles. The van der Waals surface area contributed by atoms with E-state index in [0.717, 1.165) is 0 Å². The Morgan fingerprint density at radius 2 is 1.60 bits per heavy atom. The van der Waals surface area contributed by atoms with E-state index >= 15 is 0 Å². The molecule has 0 bridgehead atoms. The second-order valence-corrected chi connectivity index (χ2v) is 2.81. The first-order chi connectivity index (χ1) is 2.00. The highest BCUT2D eigenvalue weighted by molar-refractivity contribution is 7.81.